The van der Waals surface area contributed by atoms with E-state index in [2.05, 4.69) is 6.92 Å². The zero-order valence-corrected chi connectivity index (χ0v) is 24.4. The first-order valence-corrected chi connectivity index (χ1v) is 15.1. The highest BCUT2D eigenvalue weighted by atomic mass is 16.7. The summed E-state index contributed by atoms with van der Waals surface area (Å²) >= 11 is 0. The molecule has 3 N–H and O–H groups in total. The molecule has 0 spiro atoms. The van der Waals surface area contributed by atoms with E-state index >= 15 is 0 Å². The van der Waals surface area contributed by atoms with Crippen molar-refractivity contribution < 1.29 is 29.0 Å². The van der Waals surface area contributed by atoms with Crippen molar-refractivity contribution in [1.82, 2.24) is 9.80 Å². The molecule has 0 aliphatic carbocycles. The van der Waals surface area contributed by atoms with E-state index in [1.807, 2.05) is 52.3 Å². The molecule has 2 saturated heterocycles. The second-order valence-corrected chi connectivity index (χ2v) is 11.5. The number of anilines is 1. The summed E-state index contributed by atoms with van der Waals surface area (Å²) in [5.41, 5.74) is 8.48. The fraction of sp³-hybridized carbons (Fsp3) is 0.531. The molecule has 0 radical (unpaired) electrons. The van der Waals surface area contributed by atoms with E-state index in [0.717, 1.165) is 42.5 Å². The first kappa shape index (κ1) is 29.8. The lowest BCUT2D eigenvalue weighted by Crippen LogP contribution is -2.46. The Morgan fingerprint density at radius 2 is 1.95 bits per heavy atom. The summed E-state index contributed by atoms with van der Waals surface area (Å²) in [7, 11) is 0. The van der Waals surface area contributed by atoms with Crippen LogP contribution in [0, 0.1) is 5.92 Å². The minimum Gasteiger partial charge on any atom is -0.481 e. The normalized spacial score (nSPS) is 22.0. The number of unbranched alkanes of at least 4 members (excludes halogenated alkanes) is 1. The van der Waals surface area contributed by atoms with Crippen LogP contribution in [0.25, 0.3) is 0 Å². The number of rotatable bonds is 12. The van der Waals surface area contributed by atoms with Crippen molar-refractivity contribution in [2.45, 2.75) is 64.0 Å². The Labute approximate surface area is 247 Å². The number of benzene rings is 2. The van der Waals surface area contributed by atoms with Gasteiger partial charge in [0.2, 0.25) is 18.6 Å². The van der Waals surface area contributed by atoms with E-state index in [0.29, 0.717) is 57.1 Å². The molecule has 42 heavy (non-hydrogen) atoms. The Balaban J connectivity index is 1.43. The molecule has 10 nitrogen and oxygen atoms in total. The first-order chi connectivity index (χ1) is 20.4. The lowest BCUT2D eigenvalue weighted by Gasteiger charge is -2.32. The maximum Gasteiger partial charge on any atom is 0.308 e. The largest absolute Gasteiger partial charge is 0.481 e. The molecule has 0 bridgehead atoms. The molecule has 2 amide bonds. The van der Waals surface area contributed by atoms with E-state index in [1.54, 1.807) is 4.90 Å². The number of aliphatic carboxylic acids is 1. The summed E-state index contributed by atoms with van der Waals surface area (Å²) < 4.78 is 11.1. The van der Waals surface area contributed by atoms with Crippen molar-refractivity contribution in [2.75, 3.05) is 44.4 Å². The predicted molar refractivity (Wildman–Crippen MR) is 158 cm³/mol. The van der Waals surface area contributed by atoms with E-state index < -0.39 is 17.9 Å². The third-order valence-electron chi connectivity index (χ3n) is 8.81. The van der Waals surface area contributed by atoms with Gasteiger partial charge in [0.25, 0.3) is 0 Å². The van der Waals surface area contributed by atoms with E-state index in [9.17, 15) is 19.5 Å². The van der Waals surface area contributed by atoms with Crippen molar-refractivity contribution in [3.8, 4) is 11.5 Å². The zero-order valence-electron chi connectivity index (χ0n) is 24.4. The van der Waals surface area contributed by atoms with Crippen molar-refractivity contribution in [2.24, 2.45) is 11.7 Å². The highest BCUT2D eigenvalue weighted by Gasteiger charge is 2.47. The van der Waals surface area contributed by atoms with Gasteiger partial charge in [0.1, 0.15) is 0 Å². The number of hydrogen-bond donors (Lipinski definition) is 2. The van der Waals surface area contributed by atoms with Gasteiger partial charge < -0.3 is 30.1 Å². The molecular weight excluding hydrogens is 536 g/mol. The first-order valence-electron chi connectivity index (χ1n) is 15.1. The van der Waals surface area contributed by atoms with Crippen LogP contribution in [-0.4, -0.2) is 78.2 Å². The van der Waals surface area contributed by atoms with Gasteiger partial charge in [-0.1, -0.05) is 31.5 Å². The molecule has 0 saturated carbocycles. The molecule has 3 aliphatic rings. The Bertz CT molecular complexity index is 1290. The molecule has 2 aromatic carbocycles. The summed E-state index contributed by atoms with van der Waals surface area (Å²) in [6.07, 6.45) is 4.63. The van der Waals surface area contributed by atoms with Gasteiger partial charge in [-0.2, -0.15) is 0 Å². The van der Waals surface area contributed by atoms with Crippen LogP contribution in [0.3, 0.4) is 0 Å². The second-order valence-electron chi connectivity index (χ2n) is 11.5. The lowest BCUT2D eigenvalue weighted by molar-refractivity contribution is -0.143. The number of likely N-dealkylation sites (tertiary alicyclic amines) is 2. The van der Waals surface area contributed by atoms with Gasteiger partial charge in [0, 0.05) is 56.8 Å². The van der Waals surface area contributed by atoms with Crippen LogP contribution in [0.1, 0.15) is 62.5 Å². The minimum absolute atomic E-state index is 0.0767. The van der Waals surface area contributed by atoms with Crippen LogP contribution in [0.15, 0.2) is 42.5 Å². The standard InChI is InChI=1S/C32H42N4O6/c1-2-3-14-36(24-8-6-7-22(16-24)18-33)30(38)20-35-19-25(23-10-11-27-28(17-23)42-21-41-27)31(32(39)40)26(35)12-15-34-13-5-4-9-29(34)37/h6-8,10-11,16-17,25-26,31H,2-5,9,12-15,18-21,33H2,1H3,(H,39,40)/t25-,26+,31-/m1/s1. The predicted octanol–water partition coefficient (Wildman–Crippen LogP) is 3.58. The molecule has 3 heterocycles. The summed E-state index contributed by atoms with van der Waals surface area (Å²) in [5, 5.41) is 10.5. The second kappa shape index (κ2) is 13.6. The molecule has 10 heteroatoms. The average molecular weight is 579 g/mol. The van der Waals surface area contributed by atoms with Crippen LogP contribution in [0.5, 0.6) is 11.5 Å². The summed E-state index contributed by atoms with van der Waals surface area (Å²) in [4.78, 5) is 45.1. The SMILES string of the molecule is CCCCN(C(=O)CN1C[C@H](c2ccc3c(c2)OCO3)[C@@H](C(=O)O)[C@@H]1CCN1CCCCC1=O)c1cccc(CN)c1. The van der Waals surface area contributed by atoms with Crippen LogP contribution >= 0.6 is 0 Å². The summed E-state index contributed by atoms with van der Waals surface area (Å²) in [6.45, 7) is 4.83. The fourth-order valence-electron chi connectivity index (χ4n) is 6.54. The molecule has 3 atom stereocenters. The zero-order chi connectivity index (χ0) is 29.6. The Kier molecular flexibility index (Phi) is 9.64. The van der Waals surface area contributed by atoms with Crippen LogP contribution in [0.4, 0.5) is 5.69 Å². The van der Waals surface area contributed by atoms with E-state index in [4.69, 9.17) is 15.2 Å². The number of amides is 2. The minimum atomic E-state index is -0.902. The highest BCUT2D eigenvalue weighted by Crippen LogP contribution is 2.43. The van der Waals surface area contributed by atoms with Crippen molar-refractivity contribution in [3.63, 3.8) is 0 Å². The highest BCUT2D eigenvalue weighted by molar-refractivity contribution is 5.95. The molecular formula is C32H42N4O6. The topological polar surface area (TPSA) is 126 Å². The van der Waals surface area contributed by atoms with Gasteiger partial charge in [0.15, 0.2) is 11.5 Å². The number of carbonyl (C=O) groups excluding carboxylic acids is 2. The van der Waals surface area contributed by atoms with Gasteiger partial charge in [-0.25, -0.2) is 0 Å². The number of hydrogen-bond acceptors (Lipinski definition) is 7. The number of carboxylic acids is 1. The van der Waals surface area contributed by atoms with Crippen molar-refractivity contribution in [1.29, 1.82) is 0 Å². The summed E-state index contributed by atoms with van der Waals surface area (Å²) in [6, 6.07) is 12.9. The van der Waals surface area contributed by atoms with Crippen LogP contribution in [0.2, 0.25) is 0 Å². The Morgan fingerprint density at radius 3 is 2.71 bits per heavy atom. The number of piperidine rings is 1. The number of ether oxygens (including phenoxy) is 2. The molecule has 2 aromatic rings. The molecule has 226 valence electrons. The molecule has 5 rings (SSSR count). The maximum atomic E-state index is 14.0. The van der Waals surface area contributed by atoms with Crippen LogP contribution in [-0.2, 0) is 20.9 Å². The molecule has 3 aliphatic heterocycles. The summed E-state index contributed by atoms with van der Waals surface area (Å²) in [5.74, 6) is -0.715. The third kappa shape index (κ3) is 6.55. The van der Waals surface area contributed by atoms with Crippen LogP contribution < -0.4 is 20.1 Å². The number of fused-ring (bicyclic) bond motifs is 1. The smallest absolute Gasteiger partial charge is 0.308 e. The molecule has 0 aromatic heterocycles. The molecule has 0 unspecified atom stereocenters. The van der Waals surface area contributed by atoms with Gasteiger partial charge >= 0.3 is 5.97 Å². The van der Waals surface area contributed by atoms with Gasteiger partial charge in [-0.15, -0.1) is 0 Å². The monoisotopic (exact) mass is 578 g/mol. The maximum absolute atomic E-state index is 14.0. The van der Waals surface area contributed by atoms with Gasteiger partial charge in [-0.3, -0.25) is 19.3 Å². The third-order valence-corrected chi connectivity index (χ3v) is 8.81. The van der Waals surface area contributed by atoms with Crippen molar-refractivity contribution >= 4 is 23.5 Å². The number of carbonyl (C=O) groups is 3. The molecule has 2 fully saturated rings. The fourth-order valence-corrected chi connectivity index (χ4v) is 6.54. The van der Waals surface area contributed by atoms with E-state index in [1.165, 1.54) is 0 Å². The quantitative estimate of drug-likeness (QED) is 0.392. The number of nitrogens with zero attached hydrogens (tertiary/aromatic N) is 3. The number of carboxylic acid groups (broad SMARTS) is 1. The Morgan fingerprint density at radius 1 is 1.12 bits per heavy atom. The van der Waals surface area contributed by atoms with Crippen molar-refractivity contribution in [3.05, 3.63) is 53.6 Å². The average Bonchev–Trinajstić information content (AvgIpc) is 3.61. The van der Waals surface area contributed by atoms with Gasteiger partial charge in [0.05, 0.1) is 12.5 Å². The lowest BCUT2D eigenvalue weighted by atomic mass is 9.84. The van der Waals surface area contributed by atoms with E-state index in [-0.39, 0.29) is 31.1 Å². The number of nitrogens with two attached hydrogens (primary N) is 1. The Hall–Kier alpha value is -3.63. The van der Waals surface area contributed by atoms with Gasteiger partial charge in [-0.05, 0) is 61.1 Å².